The predicted molar refractivity (Wildman–Crippen MR) is 73.4 cm³/mol. The van der Waals surface area contributed by atoms with Crippen molar-refractivity contribution in [3.05, 3.63) is 38.5 Å². The Labute approximate surface area is 119 Å². The lowest BCUT2D eigenvalue weighted by molar-refractivity contribution is 0.459. The van der Waals surface area contributed by atoms with E-state index in [-0.39, 0.29) is 0 Å². The zero-order valence-electron chi connectivity index (χ0n) is 8.32. The average Bonchev–Trinajstić information content (AvgIpc) is 2.28. The van der Waals surface area contributed by atoms with Crippen LogP contribution >= 0.6 is 43.5 Å². The molecule has 0 fully saturated rings. The SMILES string of the molecule is Nc1ncnc(Oc2ccc(Br)cc2Cl)c1Br. The van der Waals surface area contributed by atoms with Crippen LogP contribution in [-0.4, -0.2) is 9.97 Å². The molecule has 1 aromatic carbocycles. The van der Waals surface area contributed by atoms with Crippen LogP contribution in [0.25, 0.3) is 0 Å². The summed E-state index contributed by atoms with van der Waals surface area (Å²) in [5.41, 5.74) is 5.62. The molecule has 0 saturated carbocycles. The topological polar surface area (TPSA) is 61.0 Å². The van der Waals surface area contributed by atoms with Crippen molar-refractivity contribution in [3.63, 3.8) is 0 Å². The number of ether oxygens (including phenoxy) is 1. The van der Waals surface area contributed by atoms with E-state index >= 15 is 0 Å². The van der Waals surface area contributed by atoms with Gasteiger partial charge in [0.15, 0.2) is 0 Å². The molecule has 0 bridgehead atoms. The molecule has 2 aromatic rings. The molecule has 2 N–H and O–H groups in total. The molecule has 0 amide bonds. The summed E-state index contributed by atoms with van der Waals surface area (Å²) in [5, 5.41) is 0.475. The molecular formula is C10H6Br2ClN3O. The van der Waals surface area contributed by atoms with Gasteiger partial charge in [-0.05, 0) is 34.1 Å². The van der Waals surface area contributed by atoms with Crippen LogP contribution in [0.4, 0.5) is 5.82 Å². The number of nitrogens with zero attached hydrogens (tertiary/aromatic N) is 2. The molecule has 0 aliphatic rings. The van der Waals surface area contributed by atoms with Crippen LogP contribution in [0, 0.1) is 0 Å². The number of hydrogen-bond acceptors (Lipinski definition) is 4. The maximum Gasteiger partial charge on any atom is 0.238 e. The van der Waals surface area contributed by atoms with Crippen molar-refractivity contribution in [2.75, 3.05) is 5.73 Å². The minimum absolute atomic E-state index is 0.309. The van der Waals surface area contributed by atoms with E-state index in [4.69, 9.17) is 22.1 Å². The molecule has 0 saturated heterocycles. The third kappa shape index (κ3) is 2.88. The van der Waals surface area contributed by atoms with E-state index in [2.05, 4.69) is 41.8 Å². The molecule has 0 spiro atoms. The monoisotopic (exact) mass is 377 g/mol. The fourth-order valence-corrected chi connectivity index (χ4v) is 2.10. The number of benzene rings is 1. The highest BCUT2D eigenvalue weighted by Gasteiger charge is 2.10. The summed E-state index contributed by atoms with van der Waals surface area (Å²) in [6.45, 7) is 0. The van der Waals surface area contributed by atoms with Gasteiger partial charge in [-0.25, -0.2) is 9.97 Å². The van der Waals surface area contributed by atoms with Crippen LogP contribution in [-0.2, 0) is 0 Å². The molecule has 17 heavy (non-hydrogen) atoms. The summed E-state index contributed by atoms with van der Waals surface area (Å²) in [7, 11) is 0. The van der Waals surface area contributed by atoms with Crippen molar-refractivity contribution in [1.29, 1.82) is 0 Å². The molecule has 88 valence electrons. The smallest absolute Gasteiger partial charge is 0.238 e. The second-order valence-corrected chi connectivity index (χ2v) is 5.17. The first-order valence-corrected chi connectivity index (χ1v) is 6.43. The van der Waals surface area contributed by atoms with Crippen molar-refractivity contribution in [2.24, 2.45) is 0 Å². The van der Waals surface area contributed by atoms with Crippen LogP contribution in [0.2, 0.25) is 5.02 Å². The predicted octanol–water partition coefficient (Wildman–Crippen LogP) is 4.03. The van der Waals surface area contributed by atoms with Gasteiger partial charge >= 0.3 is 0 Å². The van der Waals surface area contributed by atoms with E-state index in [1.165, 1.54) is 6.33 Å². The van der Waals surface area contributed by atoms with Gasteiger partial charge in [-0.1, -0.05) is 27.5 Å². The molecule has 0 aliphatic heterocycles. The van der Waals surface area contributed by atoms with Gasteiger partial charge in [0, 0.05) is 4.47 Å². The maximum absolute atomic E-state index is 6.03. The zero-order valence-corrected chi connectivity index (χ0v) is 12.3. The van der Waals surface area contributed by atoms with E-state index in [1.54, 1.807) is 12.1 Å². The first kappa shape index (κ1) is 12.6. The fraction of sp³-hybridized carbons (Fsp3) is 0. The quantitative estimate of drug-likeness (QED) is 0.856. The Balaban J connectivity index is 2.35. The molecule has 1 heterocycles. The molecule has 0 aliphatic carbocycles. The molecular weight excluding hydrogens is 373 g/mol. The van der Waals surface area contributed by atoms with Crippen LogP contribution in [0.15, 0.2) is 33.5 Å². The summed E-state index contributed by atoms with van der Waals surface area (Å²) >= 11 is 12.6. The largest absolute Gasteiger partial charge is 0.436 e. The highest BCUT2D eigenvalue weighted by Crippen LogP contribution is 2.35. The number of aromatic nitrogens is 2. The summed E-state index contributed by atoms with van der Waals surface area (Å²) in [6, 6.07) is 5.28. The lowest BCUT2D eigenvalue weighted by Gasteiger charge is -2.08. The molecule has 4 nitrogen and oxygen atoms in total. The Morgan fingerprint density at radius 2 is 2.00 bits per heavy atom. The Kier molecular flexibility index (Phi) is 3.86. The van der Waals surface area contributed by atoms with Crippen molar-refractivity contribution in [2.45, 2.75) is 0 Å². The van der Waals surface area contributed by atoms with Gasteiger partial charge in [0.05, 0.1) is 5.02 Å². The molecule has 0 unspecified atom stereocenters. The maximum atomic E-state index is 6.03. The van der Waals surface area contributed by atoms with Crippen LogP contribution in [0.3, 0.4) is 0 Å². The Morgan fingerprint density at radius 3 is 2.71 bits per heavy atom. The van der Waals surface area contributed by atoms with E-state index < -0.39 is 0 Å². The first-order chi connectivity index (χ1) is 8.08. The fourth-order valence-electron chi connectivity index (χ4n) is 1.10. The third-order valence-electron chi connectivity index (χ3n) is 1.89. The number of anilines is 1. The summed E-state index contributed by atoms with van der Waals surface area (Å²) in [6.07, 6.45) is 1.32. The van der Waals surface area contributed by atoms with E-state index in [0.717, 1.165) is 4.47 Å². The Morgan fingerprint density at radius 1 is 1.24 bits per heavy atom. The van der Waals surface area contributed by atoms with E-state index in [0.29, 0.717) is 26.9 Å². The van der Waals surface area contributed by atoms with Crippen LogP contribution in [0.5, 0.6) is 11.6 Å². The highest BCUT2D eigenvalue weighted by molar-refractivity contribution is 9.11. The van der Waals surface area contributed by atoms with Gasteiger partial charge in [0.25, 0.3) is 0 Å². The Bertz CT molecular complexity index is 565. The van der Waals surface area contributed by atoms with Crippen LogP contribution < -0.4 is 10.5 Å². The molecule has 7 heteroatoms. The highest BCUT2D eigenvalue weighted by atomic mass is 79.9. The minimum atomic E-state index is 0.309. The second-order valence-electron chi connectivity index (χ2n) is 3.05. The van der Waals surface area contributed by atoms with Gasteiger partial charge < -0.3 is 10.5 Å². The van der Waals surface area contributed by atoms with E-state index in [1.807, 2.05) is 6.07 Å². The van der Waals surface area contributed by atoms with Crippen molar-refractivity contribution in [1.82, 2.24) is 9.97 Å². The van der Waals surface area contributed by atoms with Crippen molar-refractivity contribution in [3.8, 4) is 11.6 Å². The second kappa shape index (κ2) is 5.20. The van der Waals surface area contributed by atoms with Gasteiger partial charge in [-0.2, -0.15) is 0 Å². The first-order valence-electron chi connectivity index (χ1n) is 4.47. The van der Waals surface area contributed by atoms with Gasteiger partial charge in [0.1, 0.15) is 22.4 Å². The van der Waals surface area contributed by atoms with Crippen LogP contribution in [0.1, 0.15) is 0 Å². The average molecular weight is 379 g/mol. The number of nitrogens with two attached hydrogens (primary N) is 1. The zero-order chi connectivity index (χ0) is 12.4. The van der Waals surface area contributed by atoms with Crippen molar-refractivity contribution < 1.29 is 4.74 Å². The third-order valence-corrected chi connectivity index (χ3v) is 3.42. The lowest BCUT2D eigenvalue weighted by atomic mass is 10.3. The number of nitrogen functional groups attached to an aromatic ring is 1. The van der Waals surface area contributed by atoms with Gasteiger partial charge in [0.2, 0.25) is 5.88 Å². The molecule has 1 aromatic heterocycles. The Hall–Kier alpha value is -0.850. The molecule has 2 rings (SSSR count). The van der Waals surface area contributed by atoms with Crippen molar-refractivity contribution >= 4 is 49.3 Å². The normalized spacial score (nSPS) is 10.3. The van der Waals surface area contributed by atoms with E-state index in [9.17, 15) is 0 Å². The summed E-state index contributed by atoms with van der Waals surface area (Å²) < 4.78 is 6.92. The van der Waals surface area contributed by atoms with Gasteiger partial charge in [-0.3, -0.25) is 0 Å². The number of halogens is 3. The molecule has 0 atom stereocenters. The standard InChI is InChI=1S/C10H6Br2ClN3O/c11-5-1-2-7(6(13)3-5)17-10-8(12)9(14)15-4-16-10/h1-4H,(H2,14,15,16). The summed E-state index contributed by atoms with van der Waals surface area (Å²) in [5.74, 6) is 1.12. The number of hydrogen-bond donors (Lipinski definition) is 1. The van der Waals surface area contributed by atoms with Gasteiger partial charge in [-0.15, -0.1) is 0 Å². The number of rotatable bonds is 2. The molecule has 0 radical (unpaired) electrons. The summed E-state index contributed by atoms with van der Waals surface area (Å²) in [4.78, 5) is 7.78. The lowest BCUT2D eigenvalue weighted by Crippen LogP contribution is -1.96. The minimum Gasteiger partial charge on any atom is -0.436 e.